The van der Waals surface area contributed by atoms with Crippen LogP contribution in [0.2, 0.25) is 0 Å². The number of aliphatic hydroxyl groups excluding tert-OH is 2. The van der Waals surface area contributed by atoms with Crippen LogP contribution in [0.3, 0.4) is 0 Å². The van der Waals surface area contributed by atoms with Gasteiger partial charge in [-0.3, -0.25) is 14.4 Å². The first-order chi connectivity index (χ1) is 19.9. The van der Waals surface area contributed by atoms with Crippen molar-refractivity contribution in [2.45, 2.75) is 32.0 Å². The Labute approximate surface area is 239 Å². The first-order valence-electron chi connectivity index (χ1n) is 12.6. The molecule has 3 rings (SSSR count). The summed E-state index contributed by atoms with van der Waals surface area (Å²) < 4.78 is 41.0. The Hall–Kier alpha value is -4.70. The van der Waals surface area contributed by atoms with Crippen LogP contribution in [0.1, 0.15) is 34.0 Å². The normalized spacial score (nSPS) is 12.3. The average molecular weight is 584 g/mol. The molecule has 42 heavy (non-hydrogen) atoms. The molecular formula is C30H28F3N3O6. The van der Waals surface area contributed by atoms with E-state index >= 15 is 0 Å². The number of carbonyl (C=O) groups is 3. The van der Waals surface area contributed by atoms with Gasteiger partial charge in [0, 0.05) is 28.9 Å². The summed E-state index contributed by atoms with van der Waals surface area (Å²) in [5, 5.41) is 26.7. The average Bonchev–Trinajstić information content (AvgIpc) is 2.94. The van der Waals surface area contributed by atoms with Gasteiger partial charge in [0.05, 0.1) is 12.6 Å². The molecule has 12 heteroatoms. The number of carbonyl (C=O) groups excluding carboxylic acids is 3. The number of aliphatic hydroxyl groups is 2. The third-order valence-corrected chi connectivity index (χ3v) is 5.69. The molecule has 0 heterocycles. The van der Waals surface area contributed by atoms with Gasteiger partial charge in [0.1, 0.15) is 18.4 Å². The molecule has 220 valence electrons. The Bertz CT molecular complexity index is 1450. The molecule has 0 aromatic heterocycles. The van der Waals surface area contributed by atoms with Crippen LogP contribution in [0, 0.1) is 11.8 Å². The minimum absolute atomic E-state index is 0.0721. The highest BCUT2D eigenvalue weighted by atomic mass is 19.4. The molecule has 3 aromatic carbocycles. The second-order valence-electron chi connectivity index (χ2n) is 9.07. The molecule has 0 aliphatic rings. The molecule has 0 fully saturated rings. The van der Waals surface area contributed by atoms with Gasteiger partial charge >= 0.3 is 6.36 Å². The lowest BCUT2D eigenvalue weighted by molar-refractivity contribution is -0.274. The SMILES string of the molecule is C[C@@H](O)[C@H](NC(=O)c1ccc(C#Cc2ccc(NC(=O)CNCc3cccc(OC(F)(F)F)c3)cc2)cc1)C(=O)CO. The fourth-order valence-electron chi connectivity index (χ4n) is 3.66. The summed E-state index contributed by atoms with van der Waals surface area (Å²) in [6.45, 7) is 0.619. The zero-order valence-electron chi connectivity index (χ0n) is 22.4. The van der Waals surface area contributed by atoms with Crippen molar-refractivity contribution in [2.24, 2.45) is 0 Å². The van der Waals surface area contributed by atoms with Gasteiger partial charge in [0.25, 0.3) is 5.91 Å². The molecule has 0 aliphatic carbocycles. The molecule has 0 saturated heterocycles. The molecule has 5 N–H and O–H groups in total. The van der Waals surface area contributed by atoms with E-state index in [4.69, 9.17) is 5.11 Å². The predicted octanol–water partition coefficient (Wildman–Crippen LogP) is 2.75. The highest BCUT2D eigenvalue weighted by molar-refractivity contribution is 5.98. The van der Waals surface area contributed by atoms with Gasteiger partial charge in [-0.1, -0.05) is 24.0 Å². The van der Waals surface area contributed by atoms with Gasteiger partial charge in [-0.15, -0.1) is 13.2 Å². The zero-order chi connectivity index (χ0) is 30.7. The van der Waals surface area contributed by atoms with Crippen LogP contribution in [0.4, 0.5) is 18.9 Å². The van der Waals surface area contributed by atoms with Gasteiger partial charge in [0.2, 0.25) is 5.91 Å². The number of ketones is 1. The standard InChI is InChI=1S/C30H28F3N3O6/c1-19(38)28(26(39)18-37)36-29(41)23-11-7-20(8-12-23)5-6-21-9-13-24(14-10-21)35-27(40)17-34-16-22-3-2-4-25(15-22)42-30(31,32)33/h2-4,7-15,19,28,34,37-38H,16-18H2,1H3,(H,35,40)(H,36,41)/t19-,28+/m1/s1. The summed E-state index contributed by atoms with van der Waals surface area (Å²) in [6.07, 6.45) is -5.95. The van der Waals surface area contributed by atoms with Crippen molar-refractivity contribution in [3.63, 3.8) is 0 Å². The quantitative estimate of drug-likeness (QED) is 0.219. The van der Waals surface area contributed by atoms with E-state index in [1.807, 2.05) is 0 Å². The van der Waals surface area contributed by atoms with Crippen LogP contribution in [0.15, 0.2) is 72.8 Å². The Kier molecular flexibility index (Phi) is 11.2. The Morgan fingerprint density at radius 1 is 0.952 bits per heavy atom. The van der Waals surface area contributed by atoms with E-state index in [9.17, 15) is 32.7 Å². The van der Waals surface area contributed by atoms with Crippen LogP contribution in [-0.2, 0) is 16.1 Å². The highest BCUT2D eigenvalue weighted by Gasteiger charge is 2.31. The van der Waals surface area contributed by atoms with E-state index in [-0.39, 0.29) is 30.3 Å². The molecule has 3 aromatic rings. The fourth-order valence-corrected chi connectivity index (χ4v) is 3.66. The number of benzene rings is 3. The molecule has 0 radical (unpaired) electrons. The Morgan fingerprint density at radius 2 is 1.57 bits per heavy atom. The lowest BCUT2D eigenvalue weighted by Crippen LogP contribution is -2.48. The van der Waals surface area contributed by atoms with E-state index in [0.29, 0.717) is 22.4 Å². The van der Waals surface area contributed by atoms with Gasteiger partial charge in [-0.25, -0.2) is 0 Å². The minimum Gasteiger partial charge on any atom is -0.406 e. The van der Waals surface area contributed by atoms with Crippen molar-refractivity contribution in [1.29, 1.82) is 0 Å². The number of halogens is 3. The van der Waals surface area contributed by atoms with E-state index in [2.05, 4.69) is 32.5 Å². The summed E-state index contributed by atoms with van der Waals surface area (Å²) in [5.41, 5.74) is 2.57. The summed E-state index contributed by atoms with van der Waals surface area (Å²) in [6, 6.07) is 17.3. The Balaban J connectivity index is 1.48. The first kappa shape index (κ1) is 31.8. The molecule has 0 saturated carbocycles. The highest BCUT2D eigenvalue weighted by Crippen LogP contribution is 2.23. The number of ether oxygens (including phenoxy) is 1. The molecule has 0 aliphatic heterocycles. The number of Topliss-reactive ketones (excluding diaryl/α,β-unsaturated/α-hetero) is 1. The third kappa shape index (κ3) is 10.4. The summed E-state index contributed by atoms with van der Waals surface area (Å²) in [7, 11) is 0. The zero-order valence-corrected chi connectivity index (χ0v) is 22.4. The van der Waals surface area contributed by atoms with Crippen molar-refractivity contribution >= 4 is 23.3 Å². The number of hydrogen-bond donors (Lipinski definition) is 5. The fraction of sp³-hybridized carbons (Fsp3) is 0.233. The number of alkyl halides is 3. The number of hydrogen-bond acceptors (Lipinski definition) is 7. The van der Waals surface area contributed by atoms with Gasteiger partial charge < -0.3 is 30.9 Å². The predicted molar refractivity (Wildman–Crippen MR) is 147 cm³/mol. The molecular weight excluding hydrogens is 555 g/mol. The summed E-state index contributed by atoms with van der Waals surface area (Å²) in [5.74, 6) is 3.95. The molecule has 9 nitrogen and oxygen atoms in total. The number of amides is 2. The van der Waals surface area contributed by atoms with Gasteiger partial charge in [-0.05, 0) is 73.2 Å². The van der Waals surface area contributed by atoms with Gasteiger partial charge in [-0.2, -0.15) is 0 Å². The van der Waals surface area contributed by atoms with Crippen molar-refractivity contribution in [3.05, 3.63) is 95.1 Å². The lowest BCUT2D eigenvalue weighted by Gasteiger charge is -2.19. The smallest absolute Gasteiger partial charge is 0.406 e. The van der Waals surface area contributed by atoms with E-state index in [1.54, 1.807) is 42.5 Å². The third-order valence-electron chi connectivity index (χ3n) is 5.69. The van der Waals surface area contributed by atoms with Crippen LogP contribution in [0.25, 0.3) is 0 Å². The van der Waals surface area contributed by atoms with Crippen molar-refractivity contribution in [2.75, 3.05) is 18.5 Å². The molecule has 2 amide bonds. The van der Waals surface area contributed by atoms with Crippen molar-refractivity contribution in [1.82, 2.24) is 10.6 Å². The number of anilines is 1. The molecule has 0 unspecified atom stereocenters. The van der Waals surface area contributed by atoms with E-state index in [1.165, 1.54) is 37.3 Å². The second-order valence-corrected chi connectivity index (χ2v) is 9.07. The maximum Gasteiger partial charge on any atom is 0.573 e. The summed E-state index contributed by atoms with van der Waals surface area (Å²) in [4.78, 5) is 36.3. The molecule has 0 spiro atoms. The molecule has 0 bridgehead atoms. The monoisotopic (exact) mass is 583 g/mol. The minimum atomic E-state index is -4.78. The summed E-state index contributed by atoms with van der Waals surface area (Å²) >= 11 is 0. The topological polar surface area (TPSA) is 137 Å². The Morgan fingerprint density at radius 3 is 2.14 bits per heavy atom. The van der Waals surface area contributed by atoms with E-state index in [0.717, 1.165) is 0 Å². The van der Waals surface area contributed by atoms with Crippen molar-refractivity contribution < 1.29 is 42.5 Å². The maximum atomic E-state index is 12.4. The largest absolute Gasteiger partial charge is 0.573 e. The maximum absolute atomic E-state index is 12.4. The van der Waals surface area contributed by atoms with Crippen molar-refractivity contribution in [3.8, 4) is 17.6 Å². The van der Waals surface area contributed by atoms with Crippen LogP contribution in [0.5, 0.6) is 5.75 Å². The number of rotatable bonds is 11. The molecule has 2 atom stereocenters. The lowest BCUT2D eigenvalue weighted by atomic mass is 10.1. The number of nitrogens with one attached hydrogen (secondary N) is 3. The van der Waals surface area contributed by atoms with Crippen LogP contribution in [-0.4, -0.2) is 59.5 Å². The van der Waals surface area contributed by atoms with Crippen LogP contribution >= 0.6 is 0 Å². The van der Waals surface area contributed by atoms with Crippen LogP contribution < -0.4 is 20.7 Å². The second kappa shape index (κ2) is 14.8. The first-order valence-corrected chi connectivity index (χ1v) is 12.6. The van der Waals surface area contributed by atoms with Gasteiger partial charge in [0.15, 0.2) is 5.78 Å². The van der Waals surface area contributed by atoms with E-state index < -0.39 is 36.8 Å².